The lowest BCUT2D eigenvalue weighted by atomic mass is 9.87. The maximum atomic E-state index is 5.95. The van der Waals surface area contributed by atoms with E-state index in [1.54, 1.807) is 0 Å². The highest BCUT2D eigenvalue weighted by atomic mass is 79.9. The minimum absolute atomic E-state index is 0.0300. The number of hydrogen-bond donors (Lipinski definition) is 0. The third kappa shape index (κ3) is 4.33. The van der Waals surface area contributed by atoms with Gasteiger partial charge in [0.25, 0.3) is 5.17 Å². The van der Waals surface area contributed by atoms with Crippen LogP contribution in [0.4, 0.5) is 5.69 Å². The van der Waals surface area contributed by atoms with E-state index in [-0.39, 0.29) is 5.41 Å². The first kappa shape index (κ1) is 18.0. The molecular formula is C19H22BrNOS. The Bertz CT molecular complexity index is 722. The lowest BCUT2D eigenvalue weighted by molar-refractivity contribution is 0.535. The van der Waals surface area contributed by atoms with Crippen molar-refractivity contribution in [1.29, 1.82) is 0 Å². The second-order valence-corrected chi connectivity index (χ2v) is 7.78. The zero-order valence-electron chi connectivity index (χ0n) is 14.2. The molecule has 0 atom stereocenters. The van der Waals surface area contributed by atoms with Crippen molar-refractivity contribution in [3.63, 3.8) is 0 Å². The lowest BCUT2D eigenvalue weighted by Gasteiger charge is -2.24. The number of ether oxygens (including phenoxy) is 1. The molecule has 0 radical (unpaired) electrons. The van der Waals surface area contributed by atoms with E-state index in [1.165, 1.54) is 11.1 Å². The fourth-order valence-corrected chi connectivity index (χ4v) is 3.41. The zero-order valence-corrected chi connectivity index (χ0v) is 16.6. The highest BCUT2D eigenvalue weighted by Crippen LogP contribution is 2.36. The number of halogens is 1. The molecule has 0 amide bonds. The Hall–Kier alpha value is -1.39. The molecule has 0 spiro atoms. The molecular weight excluding hydrogens is 370 g/mol. The van der Waals surface area contributed by atoms with Gasteiger partial charge in [0, 0.05) is 12.7 Å². The molecule has 0 aliphatic carbocycles. The van der Waals surface area contributed by atoms with E-state index in [1.807, 2.05) is 36.2 Å². The zero-order chi connectivity index (χ0) is 17.2. The van der Waals surface area contributed by atoms with Crippen molar-refractivity contribution in [3.05, 3.63) is 58.1 Å². The number of nitrogens with zero attached hydrogens (tertiary/aromatic N) is 1. The molecule has 2 aromatic carbocycles. The maximum Gasteiger partial charge on any atom is 0.269 e. The van der Waals surface area contributed by atoms with Gasteiger partial charge in [-0.1, -0.05) is 45.0 Å². The Morgan fingerprint density at radius 3 is 2.39 bits per heavy atom. The molecule has 0 saturated heterocycles. The van der Waals surface area contributed by atoms with Gasteiger partial charge in [0.15, 0.2) is 0 Å². The summed E-state index contributed by atoms with van der Waals surface area (Å²) >= 11 is 9.12. The van der Waals surface area contributed by atoms with Crippen molar-refractivity contribution in [2.45, 2.75) is 33.1 Å². The Morgan fingerprint density at radius 1 is 1.13 bits per heavy atom. The number of anilines is 1. The van der Waals surface area contributed by atoms with Gasteiger partial charge >= 0.3 is 0 Å². The number of rotatable bonds is 2. The normalized spacial score (nSPS) is 11.2. The van der Waals surface area contributed by atoms with Crippen LogP contribution in [0.15, 0.2) is 46.9 Å². The lowest BCUT2D eigenvalue weighted by Crippen LogP contribution is -2.29. The molecule has 0 saturated carbocycles. The Balaban J connectivity index is 2.24. The van der Waals surface area contributed by atoms with Crippen molar-refractivity contribution < 1.29 is 4.74 Å². The summed E-state index contributed by atoms with van der Waals surface area (Å²) < 4.78 is 6.90. The molecule has 0 aliphatic heterocycles. The minimum Gasteiger partial charge on any atom is -0.430 e. The fourth-order valence-electron chi connectivity index (χ4n) is 2.27. The molecule has 0 unspecified atom stereocenters. The largest absolute Gasteiger partial charge is 0.430 e. The van der Waals surface area contributed by atoms with Crippen molar-refractivity contribution in [3.8, 4) is 5.75 Å². The summed E-state index contributed by atoms with van der Waals surface area (Å²) in [6.07, 6.45) is 0. The van der Waals surface area contributed by atoms with Gasteiger partial charge in [-0.3, -0.25) is 0 Å². The quantitative estimate of drug-likeness (QED) is 0.595. The van der Waals surface area contributed by atoms with Crippen LogP contribution in [-0.2, 0) is 5.41 Å². The molecule has 0 bridgehead atoms. The van der Waals surface area contributed by atoms with Gasteiger partial charge in [-0.2, -0.15) is 0 Å². The van der Waals surface area contributed by atoms with Crippen LogP contribution in [0.2, 0.25) is 0 Å². The van der Waals surface area contributed by atoms with Crippen LogP contribution < -0.4 is 9.64 Å². The van der Waals surface area contributed by atoms with Gasteiger partial charge in [0.1, 0.15) is 5.75 Å². The molecule has 4 heteroatoms. The standard InChI is InChI=1S/C19H22BrNOS/c1-13-8-6-9-14(12-13)21(5)18(23)22-16-11-7-10-15(17(16)20)19(2,3)4/h6-12H,1-5H3. The molecule has 23 heavy (non-hydrogen) atoms. The van der Waals surface area contributed by atoms with E-state index in [0.717, 1.165) is 15.9 Å². The minimum atomic E-state index is 0.0300. The first-order valence-electron chi connectivity index (χ1n) is 7.51. The average molecular weight is 392 g/mol. The van der Waals surface area contributed by atoms with Crippen LogP contribution in [0.5, 0.6) is 5.75 Å². The number of hydrogen-bond acceptors (Lipinski definition) is 2. The Morgan fingerprint density at radius 2 is 1.78 bits per heavy atom. The molecule has 0 aliphatic rings. The molecule has 0 heterocycles. The van der Waals surface area contributed by atoms with Gasteiger partial charge < -0.3 is 9.64 Å². The van der Waals surface area contributed by atoms with Crippen LogP contribution in [0.25, 0.3) is 0 Å². The summed E-state index contributed by atoms with van der Waals surface area (Å²) in [7, 11) is 1.92. The fraction of sp³-hybridized carbons (Fsp3) is 0.316. The number of aryl methyl sites for hydroxylation is 1. The number of thiocarbonyl (C=S) groups is 1. The van der Waals surface area contributed by atoms with E-state index >= 15 is 0 Å². The highest BCUT2D eigenvalue weighted by molar-refractivity contribution is 9.10. The van der Waals surface area contributed by atoms with Crippen molar-refractivity contribution in [2.75, 3.05) is 11.9 Å². The number of benzene rings is 2. The molecule has 2 rings (SSSR count). The first-order chi connectivity index (χ1) is 10.7. The Labute approximate surface area is 152 Å². The average Bonchev–Trinajstić information content (AvgIpc) is 2.47. The molecule has 122 valence electrons. The second kappa shape index (κ2) is 7.02. The first-order valence-corrected chi connectivity index (χ1v) is 8.71. The molecule has 0 fully saturated rings. The molecule has 2 aromatic rings. The summed E-state index contributed by atoms with van der Waals surface area (Å²) in [6, 6.07) is 14.2. The van der Waals surface area contributed by atoms with Gasteiger partial charge in [0.2, 0.25) is 0 Å². The van der Waals surface area contributed by atoms with E-state index in [2.05, 4.69) is 61.8 Å². The predicted octanol–water partition coefficient (Wildman–Crippen LogP) is 5.86. The summed E-state index contributed by atoms with van der Waals surface area (Å²) in [6.45, 7) is 8.58. The van der Waals surface area contributed by atoms with Crippen molar-refractivity contribution >= 4 is 39.0 Å². The summed E-state index contributed by atoms with van der Waals surface area (Å²) in [5.74, 6) is 0.738. The molecule has 2 nitrogen and oxygen atoms in total. The predicted molar refractivity (Wildman–Crippen MR) is 106 cm³/mol. The van der Waals surface area contributed by atoms with Gasteiger partial charge in [-0.05, 0) is 69.8 Å². The van der Waals surface area contributed by atoms with Crippen LogP contribution in [0, 0.1) is 6.92 Å². The third-order valence-corrected chi connectivity index (χ3v) is 4.81. The molecule has 0 aromatic heterocycles. The Kier molecular flexibility index (Phi) is 5.48. The van der Waals surface area contributed by atoms with Crippen LogP contribution >= 0.6 is 28.1 Å². The van der Waals surface area contributed by atoms with Gasteiger partial charge in [-0.25, -0.2) is 0 Å². The van der Waals surface area contributed by atoms with E-state index in [4.69, 9.17) is 17.0 Å². The summed E-state index contributed by atoms with van der Waals surface area (Å²) in [4.78, 5) is 1.87. The van der Waals surface area contributed by atoms with Gasteiger partial charge in [-0.15, -0.1) is 0 Å². The van der Waals surface area contributed by atoms with E-state index in [9.17, 15) is 0 Å². The van der Waals surface area contributed by atoms with Crippen LogP contribution in [0.1, 0.15) is 31.9 Å². The topological polar surface area (TPSA) is 12.5 Å². The van der Waals surface area contributed by atoms with Crippen LogP contribution in [-0.4, -0.2) is 12.2 Å². The van der Waals surface area contributed by atoms with Crippen molar-refractivity contribution in [2.24, 2.45) is 0 Å². The van der Waals surface area contributed by atoms with Crippen molar-refractivity contribution in [1.82, 2.24) is 0 Å². The van der Waals surface area contributed by atoms with Crippen LogP contribution in [0.3, 0.4) is 0 Å². The summed E-state index contributed by atoms with van der Waals surface area (Å²) in [5.41, 5.74) is 3.42. The SMILES string of the molecule is Cc1cccc(N(C)C(=S)Oc2cccc(C(C)(C)C)c2Br)c1. The maximum absolute atomic E-state index is 5.95. The monoisotopic (exact) mass is 391 g/mol. The summed E-state index contributed by atoms with van der Waals surface area (Å²) in [5, 5.41) is 0.419. The smallest absolute Gasteiger partial charge is 0.269 e. The van der Waals surface area contributed by atoms with E-state index < -0.39 is 0 Å². The molecule has 0 N–H and O–H groups in total. The van der Waals surface area contributed by atoms with Gasteiger partial charge in [0.05, 0.1) is 4.47 Å². The van der Waals surface area contributed by atoms with E-state index in [0.29, 0.717) is 5.17 Å². The highest BCUT2D eigenvalue weighted by Gasteiger charge is 2.20. The second-order valence-electron chi connectivity index (χ2n) is 6.63. The third-order valence-electron chi connectivity index (χ3n) is 3.63.